The number of thiazole rings is 1. The molecular weight excluding hydrogens is 378 g/mol. The first-order valence-electron chi connectivity index (χ1n) is 9.14. The largest absolute Gasteiger partial charge is 0.345 e. The average molecular weight is 400 g/mol. The Labute approximate surface area is 168 Å². The molecule has 0 saturated carbocycles. The SMILES string of the molecule is Cc1ccc(C)c(CC(=O)N2CCN(c3nc4ccc(Cl)cc4s3)CC2)c1. The Morgan fingerprint density at radius 1 is 1.11 bits per heavy atom. The Kier molecular flexibility index (Phi) is 5.06. The summed E-state index contributed by atoms with van der Waals surface area (Å²) in [5.74, 6) is 0.208. The predicted octanol–water partition coefficient (Wildman–Crippen LogP) is 4.46. The van der Waals surface area contributed by atoms with Gasteiger partial charge in [-0.3, -0.25) is 4.79 Å². The smallest absolute Gasteiger partial charge is 0.227 e. The van der Waals surface area contributed by atoms with Crippen LogP contribution in [0.15, 0.2) is 36.4 Å². The highest BCUT2D eigenvalue weighted by molar-refractivity contribution is 7.22. The van der Waals surface area contributed by atoms with Crippen LogP contribution in [0.4, 0.5) is 5.13 Å². The Bertz CT molecular complexity index is 992. The maximum Gasteiger partial charge on any atom is 0.227 e. The summed E-state index contributed by atoms with van der Waals surface area (Å²) < 4.78 is 1.10. The Balaban J connectivity index is 1.40. The molecule has 27 heavy (non-hydrogen) atoms. The topological polar surface area (TPSA) is 36.4 Å². The molecule has 2 aromatic carbocycles. The van der Waals surface area contributed by atoms with Crippen LogP contribution in [-0.2, 0) is 11.2 Å². The highest BCUT2D eigenvalue weighted by atomic mass is 35.5. The lowest BCUT2D eigenvalue weighted by Crippen LogP contribution is -2.49. The van der Waals surface area contributed by atoms with E-state index < -0.39 is 0 Å². The third-order valence-electron chi connectivity index (χ3n) is 5.09. The van der Waals surface area contributed by atoms with E-state index in [0.29, 0.717) is 6.42 Å². The van der Waals surface area contributed by atoms with E-state index in [-0.39, 0.29) is 5.91 Å². The molecule has 4 rings (SSSR count). The molecule has 0 spiro atoms. The van der Waals surface area contributed by atoms with Gasteiger partial charge in [0.1, 0.15) is 0 Å². The summed E-state index contributed by atoms with van der Waals surface area (Å²) in [5.41, 5.74) is 4.49. The summed E-state index contributed by atoms with van der Waals surface area (Å²) in [5, 5.41) is 1.74. The third-order valence-corrected chi connectivity index (χ3v) is 6.40. The molecule has 0 unspecified atom stereocenters. The fourth-order valence-electron chi connectivity index (χ4n) is 3.43. The Morgan fingerprint density at radius 3 is 2.67 bits per heavy atom. The lowest BCUT2D eigenvalue weighted by atomic mass is 10.0. The van der Waals surface area contributed by atoms with Gasteiger partial charge in [0.25, 0.3) is 0 Å². The van der Waals surface area contributed by atoms with Crippen LogP contribution >= 0.6 is 22.9 Å². The van der Waals surface area contributed by atoms with Crippen molar-refractivity contribution in [1.29, 1.82) is 0 Å². The Hall–Kier alpha value is -2.11. The minimum Gasteiger partial charge on any atom is -0.345 e. The molecule has 4 nitrogen and oxygen atoms in total. The number of aryl methyl sites for hydroxylation is 2. The summed E-state index contributed by atoms with van der Waals surface area (Å²) in [4.78, 5) is 21.7. The molecule has 1 amide bonds. The van der Waals surface area contributed by atoms with Crippen molar-refractivity contribution in [2.75, 3.05) is 31.1 Å². The van der Waals surface area contributed by atoms with Crippen LogP contribution in [0.1, 0.15) is 16.7 Å². The van der Waals surface area contributed by atoms with E-state index in [9.17, 15) is 4.79 Å². The van der Waals surface area contributed by atoms with Gasteiger partial charge in [-0.2, -0.15) is 0 Å². The molecule has 0 radical (unpaired) electrons. The molecule has 1 aliphatic rings. The van der Waals surface area contributed by atoms with Gasteiger partial charge in [0, 0.05) is 31.2 Å². The standard InChI is InChI=1S/C21H22ClN3OS/c1-14-3-4-15(2)16(11-14)12-20(26)24-7-9-25(10-8-24)21-23-18-6-5-17(22)13-19(18)27-21/h3-6,11,13H,7-10,12H2,1-2H3. The second-order valence-corrected chi connectivity index (χ2v) is 8.53. The highest BCUT2D eigenvalue weighted by Crippen LogP contribution is 2.31. The maximum absolute atomic E-state index is 12.7. The number of halogens is 1. The number of hydrogen-bond acceptors (Lipinski definition) is 4. The number of fused-ring (bicyclic) bond motifs is 1. The lowest BCUT2D eigenvalue weighted by molar-refractivity contribution is -0.130. The molecule has 140 valence electrons. The van der Waals surface area contributed by atoms with Crippen molar-refractivity contribution in [2.45, 2.75) is 20.3 Å². The van der Waals surface area contributed by atoms with E-state index in [1.54, 1.807) is 11.3 Å². The number of hydrogen-bond donors (Lipinski definition) is 0. The zero-order chi connectivity index (χ0) is 19.0. The number of nitrogens with zero attached hydrogens (tertiary/aromatic N) is 3. The van der Waals surface area contributed by atoms with Crippen molar-refractivity contribution >= 4 is 44.2 Å². The molecule has 3 aromatic rings. The summed E-state index contributed by atoms with van der Waals surface area (Å²) in [6.07, 6.45) is 0.479. The first-order valence-corrected chi connectivity index (χ1v) is 10.3. The summed E-state index contributed by atoms with van der Waals surface area (Å²) in [7, 11) is 0. The molecule has 1 fully saturated rings. The van der Waals surface area contributed by atoms with Crippen molar-refractivity contribution < 1.29 is 4.79 Å². The molecule has 2 heterocycles. The van der Waals surface area contributed by atoms with Crippen LogP contribution in [0, 0.1) is 13.8 Å². The molecule has 1 aromatic heterocycles. The van der Waals surface area contributed by atoms with Gasteiger partial charge in [-0.25, -0.2) is 4.98 Å². The van der Waals surface area contributed by atoms with Crippen molar-refractivity contribution in [1.82, 2.24) is 9.88 Å². The fourth-order valence-corrected chi connectivity index (χ4v) is 4.73. The van der Waals surface area contributed by atoms with Gasteiger partial charge in [-0.1, -0.05) is 46.7 Å². The second-order valence-electron chi connectivity index (χ2n) is 7.08. The Morgan fingerprint density at radius 2 is 1.89 bits per heavy atom. The number of piperazine rings is 1. The van der Waals surface area contributed by atoms with Gasteiger partial charge in [-0.05, 0) is 43.2 Å². The van der Waals surface area contributed by atoms with Gasteiger partial charge >= 0.3 is 0 Å². The van der Waals surface area contributed by atoms with Crippen LogP contribution in [0.25, 0.3) is 10.2 Å². The van der Waals surface area contributed by atoms with Gasteiger partial charge < -0.3 is 9.80 Å². The van der Waals surface area contributed by atoms with Gasteiger partial charge in [0.2, 0.25) is 5.91 Å². The number of rotatable bonds is 3. The summed E-state index contributed by atoms with van der Waals surface area (Å²) in [6, 6.07) is 12.1. The summed E-state index contributed by atoms with van der Waals surface area (Å²) >= 11 is 7.74. The lowest BCUT2D eigenvalue weighted by Gasteiger charge is -2.34. The van der Waals surface area contributed by atoms with Crippen molar-refractivity contribution in [2.24, 2.45) is 0 Å². The number of amides is 1. The number of benzene rings is 2. The van der Waals surface area contributed by atoms with E-state index >= 15 is 0 Å². The normalized spacial score (nSPS) is 14.8. The molecule has 0 aliphatic carbocycles. The van der Waals surface area contributed by atoms with Crippen LogP contribution in [0.5, 0.6) is 0 Å². The number of anilines is 1. The minimum atomic E-state index is 0.208. The maximum atomic E-state index is 12.7. The number of carbonyl (C=O) groups excluding carboxylic acids is 1. The molecule has 1 aliphatic heterocycles. The van der Waals surface area contributed by atoms with Crippen LogP contribution in [-0.4, -0.2) is 42.0 Å². The molecule has 0 bridgehead atoms. The van der Waals surface area contributed by atoms with Crippen molar-refractivity contribution in [3.05, 3.63) is 58.1 Å². The average Bonchev–Trinajstić information content (AvgIpc) is 3.08. The van der Waals surface area contributed by atoms with Crippen molar-refractivity contribution in [3.63, 3.8) is 0 Å². The van der Waals surface area contributed by atoms with Crippen molar-refractivity contribution in [3.8, 4) is 0 Å². The van der Waals surface area contributed by atoms with E-state index in [0.717, 1.165) is 52.1 Å². The van der Waals surface area contributed by atoms with Gasteiger partial charge in [-0.15, -0.1) is 0 Å². The van der Waals surface area contributed by atoms with Crippen LogP contribution in [0.2, 0.25) is 5.02 Å². The monoisotopic (exact) mass is 399 g/mol. The number of carbonyl (C=O) groups is 1. The first-order chi connectivity index (χ1) is 13.0. The van der Waals surface area contributed by atoms with E-state index in [2.05, 4.69) is 36.9 Å². The first kappa shape index (κ1) is 18.3. The number of aromatic nitrogens is 1. The minimum absolute atomic E-state index is 0.208. The predicted molar refractivity (Wildman–Crippen MR) is 113 cm³/mol. The van der Waals surface area contributed by atoms with Gasteiger partial charge in [0.05, 0.1) is 16.6 Å². The molecule has 0 atom stereocenters. The summed E-state index contributed by atoms with van der Waals surface area (Å²) in [6.45, 7) is 7.23. The van der Waals surface area contributed by atoms with E-state index in [1.807, 2.05) is 23.1 Å². The van der Waals surface area contributed by atoms with Gasteiger partial charge in [0.15, 0.2) is 5.13 Å². The van der Waals surface area contributed by atoms with E-state index in [1.165, 1.54) is 11.1 Å². The molecule has 1 saturated heterocycles. The van der Waals surface area contributed by atoms with Crippen LogP contribution < -0.4 is 4.90 Å². The third kappa shape index (κ3) is 3.94. The quantitative estimate of drug-likeness (QED) is 0.652. The molecule has 0 N–H and O–H groups in total. The molecular formula is C21H22ClN3OS. The van der Waals surface area contributed by atoms with Crippen LogP contribution in [0.3, 0.4) is 0 Å². The highest BCUT2D eigenvalue weighted by Gasteiger charge is 2.23. The van der Waals surface area contributed by atoms with E-state index in [4.69, 9.17) is 16.6 Å². The fraction of sp³-hybridized carbons (Fsp3) is 0.333. The second kappa shape index (κ2) is 7.49. The zero-order valence-electron chi connectivity index (χ0n) is 15.5. The zero-order valence-corrected chi connectivity index (χ0v) is 17.1. The molecule has 6 heteroatoms.